The van der Waals surface area contributed by atoms with Gasteiger partial charge in [-0.05, 0) is 12.0 Å². The van der Waals surface area contributed by atoms with Gasteiger partial charge in [0.2, 0.25) is 0 Å². The zero-order chi connectivity index (χ0) is 10.7. The summed E-state index contributed by atoms with van der Waals surface area (Å²) in [6.45, 7) is 6.28. The van der Waals surface area contributed by atoms with Gasteiger partial charge in [-0.2, -0.15) is 0 Å². The second-order valence-corrected chi connectivity index (χ2v) is 4.03. The molecule has 1 heterocycles. The molecule has 1 rings (SSSR count). The van der Waals surface area contributed by atoms with Crippen molar-refractivity contribution in [2.75, 3.05) is 7.11 Å². The van der Waals surface area contributed by atoms with E-state index in [2.05, 4.69) is 25.5 Å². The summed E-state index contributed by atoms with van der Waals surface area (Å²) in [5.41, 5.74) is 0. The fourth-order valence-electron chi connectivity index (χ4n) is 1.74. The zero-order valence-electron chi connectivity index (χ0n) is 9.19. The number of hydrogen-bond donors (Lipinski definition) is 0. The number of carbonyl (C=O) groups is 1. The molecule has 1 aliphatic rings. The highest BCUT2D eigenvalue weighted by Crippen LogP contribution is 2.24. The molecule has 1 aliphatic heterocycles. The van der Waals surface area contributed by atoms with Crippen LogP contribution >= 0.6 is 0 Å². The molecule has 0 spiro atoms. The van der Waals surface area contributed by atoms with Crippen molar-refractivity contribution in [1.82, 2.24) is 0 Å². The number of carbonyl (C=O) groups excluding carboxylic acids is 1. The van der Waals surface area contributed by atoms with Gasteiger partial charge >= 0.3 is 5.97 Å². The van der Waals surface area contributed by atoms with Crippen molar-refractivity contribution in [2.45, 2.75) is 33.0 Å². The first-order valence-corrected chi connectivity index (χ1v) is 4.98. The molecule has 0 bridgehead atoms. The van der Waals surface area contributed by atoms with Gasteiger partial charge in [-0.25, -0.2) is 4.79 Å². The van der Waals surface area contributed by atoms with Gasteiger partial charge in [0.25, 0.3) is 0 Å². The lowest BCUT2D eigenvalue weighted by atomic mass is 9.92. The van der Waals surface area contributed by atoms with Crippen LogP contribution in [0.4, 0.5) is 0 Å². The Bertz CT molecular complexity index is 233. The average molecular weight is 198 g/mol. The minimum Gasteiger partial charge on any atom is -0.467 e. The van der Waals surface area contributed by atoms with E-state index in [0.29, 0.717) is 11.8 Å². The lowest BCUT2D eigenvalue weighted by Crippen LogP contribution is -2.38. The highest BCUT2D eigenvalue weighted by Gasteiger charge is 2.30. The molecule has 0 saturated heterocycles. The summed E-state index contributed by atoms with van der Waals surface area (Å²) < 4.78 is 10.3. The molecule has 0 aromatic heterocycles. The van der Waals surface area contributed by atoms with E-state index in [0.717, 1.165) is 0 Å². The van der Waals surface area contributed by atoms with Crippen LogP contribution in [0, 0.1) is 11.8 Å². The van der Waals surface area contributed by atoms with Gasteiger partial charge in [-0.15, -0.1) is 0 Å². The van der Waals surface area contributed by atoms with Gasteiger partial charge in [-0.1, -0.05) is 26.8 Å². The molecule has 80 valence electrons. The van der Waals surface area contributed by atoms with E-state index in [1.54, 1.807) is 6.08 Å². The minimum absolute atomic E-state index is 0.101. The molecule has 0 radical (unpaired) electrons. The molecule has 0 fully saturated rings. The van der Waals surface area contributed by atoms with E-state index in [1.807, 2.05) is 6.08 Å². The third kappa shape index (κ3) is 2.35. The molecule has 0 amide bonds. The van der Waals surface area contributed by atoms with Crippen LogP contribution in [-0.4, -0.2) is 25.3 Å². The largest absolute Gasteiger partial charge is 0.467 e. The molecule has 3 nitrogen and oxygen atoms in total. The number of rotatable bonds is 2. The van der Waals surface area contributed by atoms with Crippen LogP contribution in [-0.2, 0) is 14.3 Å². The predicted octanol–water partition coefficient (Wildman–Crippen LogP) is 1.78. The fourth-order valence-corrected chi connectivity index (χ4v) is 1.74. The van der Waals surface area contributed by atoms with E-state index in [9.17, 15) is 4.79 Å². The average Bonchev–Trinajstić information content (AvgIpc) is 2.17. The van der Waals surface area contributed by atoms with E-state index in [-0.39, 0.29) is 12.1 Å². The SMILES string of the molecule is COC(=O)[C@H]1C=C[C@@H](C)[C@@H](C(C)C)O1. The summed E-state index contributed by atoms with van der Waals surface area (Å²) in [4.78, 5) is 11.2. The maximum Gasteiger partial charge on any atom is 0.339 e. The first-order valence-electron chi connectivity index (χ1n) is 4.98. The number of esters is 1. The van der Waals surface area contributed by atoms with Crippen molar-refractivity contribution in [2.24, 2.45) is 11.8 Å². The van der Waals surface area contributed by atoms with Crippen molar-refractivity contribution >= 4 is 5.97 Å². The van der Waals surface area contributed by atoms with Gasteiger partial charge in [0.15, 0.2) is 6.10 Å². The summed E-state index contributed by atoms with van der Waals surface area (Å²) >= 11 is 0. The molecule has 0 N–H and O–H groups in total. The Labute approximate surface area is 85.1 Å². The predicted molar refractivity (Wildman–Crippen MR) is 53.8 cm³/mol. The van der Waals surface area contributed by atoms with Gasteiger partial charge in [0.1, 0.15) is 0 Å². The maximum atomic E-state index is 11.2. The Kier molecular flexibility index (Phi) is 3.69. The summed E-state index contributed by atoms with van der Waals surface area (Å²) in [6, 6.07) is 0. The van der Waals surface area contributed by atoms with Crippen LogP contribution in [0.25, 0.3) is 0 Å². The molecule has 0 unspecified atom stereocenters. The monoisotopic (exact) mass is 198 g/mol. The van der Waals surface area contributed by atoms with Crippen LogP contribution in [0.5, 0.6) is 0 Å². The van der Waals surface area contributed by atoms with E-state index >= 15 is 0 Å². The first kappa shape index (κ1) is 11.2. The second-order valence-electron chi connectivity index (χ2n) is 4.03. The van der Waals surface area contributed by atoms with Crippen molar-refractivity contribution in [1.29, 1.82) is 0 Å². The quantitative estimate of drug-likeness (QED) is 0.501. The van der Waals surface area contributed by atoms with Crippen LogP contribution in [0.2, 0.25) is 0 Å². The molecule has 14 heavy (non-hydrogen) atoms. The Morgan fingerprint density at radius 3 is 2.57 bits per heavy atom. The minimum atomic E-state index is -0.524. The second kappa shape index (κ2) is 4.60. The number of hydrogen-bond acceptors (Lipinski definition) is 3. The highest BCUT2D eigenvalue weighted by atomic mass is 16.6. The molecular formula is C11H18O3. The maximum absolute atomic E-state index is 11.2. The first-order chi connectivity index (χ1) is 6.56. The molecule has 0 saturated carbocycles. The summed E-state index contributed by atoms with van der Waals surface area (Å²) in [7, 11) is 1.38. The van der Waals surface area contributed by atoms with Crippen molar-refractivity contribution < 1.29 is 14.3 Å². The van der Waals surface area contributed by atoms with Crippen molar-refractivity contribution in [3.8, 4) is 0 Å². The number of ether oxygens (including phenoxy) is 2. The molecule has 3 heteroatoms. The molecule has 3 atom stereocenters. The topological polar surface area (TPSA) is 35.5 Å². The molecule has 0 aliphatic carbocycles. The van der Waals surface area contributed by atoms with Crippen molar-refractivity contribution in [3.05, 3.63) is 12.2 Å². The van der Waals surface area contributed by atoms with Gasteiger partial charge in [0.05, 0.1) is 13.2 Å². The summed E-state index contributed by atoms with van der Waals surface area (Å²) in [6.07, 6.45) is 3.37. The Morgan fingerprint density at radius 2 is 2.07 bits per heavy atom. The summed E-state index contributed by atoms with van der Waals surface area (Å²) in [5, 5.41) is 0. The Morgan fingerprint density at radius 1 is 1.43 bits per heavy atom. The van der Waals surface area contributed by atoms with E-state index in [1.165, 1.54) is 7.11 Å². The standard InChI is InChI=1S/C11H18O3/c1-7(2)10-8(3)5-6-9(14-10)11(12)13-4/h5-10H,1-4H3/t8-,9-,10-/m1/s1. The van der Waals surface area contributed by atoms with Crippen LogP contribution in [0.15, 0.2) is 12.2 Å². The van der Waals surface area contributed by atoms with Crippen LogP contribution in [0.1, 0.15) is 20.8 Å². The summed E-state index contributed by atoms with van der Waals surface area (Å²) in [5.74, 6) is 0.441. The fraction of sp³-hybridized carbons (Fsp3) is 0.727. The smallest absolute Gasteiger partial charge is 0.339 e. The van der Waals surface area contributed by atoms with Crippen molar-refractivity contribution in [3.63, 3.8) is 0 Å². The van der Waals surface area contributed by atoms with Crippen LogP contribution < -0.4 is 0 Å². The Balaban J connectivity index is 2.69. The lowest BCUT2D eigenvalue weighted by molar-refractivity contribution is -0.158. The Hall–Kier alpha value is -0.830. The van der Waals surface area contributed by atoms with Gasteiger partial charge in [-0.3, -0.25) is 0 Å². The normalized spacial score (nSPS) is 31.9. The number of methoxy groups -OCH3 is 1. The molecule has 0 aromatic carbocycles. The third-order valence-corrected chi connectivity index (χ3v) is 2.50. The van der Waals surface area contributed by atoms with Gasteiger partial charge in [0, 0.05) is 5.92 Å². The zero-order valence-corrected chi connectivity index (χ0v) is 9.19. The van der Waals surface area contributed by atoms with E-state index in [4.69, 9.17) is 4.74 Å². The van der Waals surface area contributed by atoms with E-state index < -0.39 is 6.10 Å². The highest BCUT2D eigenvalue weighted by molar-refractivity contribution is 5.76. The lowest BCUT2D eigenvalue weighted by Gasteiger charge is -2.31. The molecular weight excluding hydrogens is 180 g/mol. The van der Waals surface area contributed by atoms with Crippen LogP contribution in [0.3, 0.4) is 0 Å². The molecule has 0 aromatic rings. The third-order valence-electron chi connectivity index (χ3n) is 2.50. The van der Waals surface area contributed by atoms with Gasteiger partial charge < -0.3 is 9.47 Å².